The summed E-state index contributed by atoms with van der Waals surface area (Å²) in [5, 5.41) is 3.26. The molecule has 2 rings (SSSR count). The lowest BCUT2D eigenvalue weighted by atomic mass is 10.1. The van der Waals surface area contributed by atoms with E-state index in [4.69, 9.17) is 11.6 Å². The molecule has 0 unspecified atom stereocenters. The molecule has 0 radical (unpaired) electrons. The molecular weight excluding hydrogens is 262 g/mol. The number of rotatable bonds is 5. The van der Waals surface area contributed by atoms with Crippen LogP contribution in [-0.2, 0) is 0 Å². The van der Waals surface area contributed by atoms with Gasteiger partial charge in [-0.2, -0.15) is 0 Å². The standard InChI is InChI=1S/C14H20ClN3O/c1-9(2)8-18(11-4-5-11)14(19)10-6-12(15)17-13(7-10)16-3/h6-7,9,11H,4-5,8H2,1-3H3,(H,16,17). The first-order valence-electron chi connectivity index (χ1n) is 6.67. The van der Waals surface area contributed by atoms with Gasteiger partial charge in [-0.25, -0.2) is 4.98 Å². The fraction of sp³-hybridized carbons (Fsp3) is 0.571. The van der Waals surface area contributed by atoms with Crippen molar-refractivity contribution >= 4 is 23.3 Å². The van der Waals surface area contributed by atoms with Crippen LogP contribution in [-0.4, -0.2) is 35.4 Å². The van der Waals surface area contributed by atoms with Gasteiger partial charge in [-0.3, -0.25) is 4.79 Å². The predicted octanol–water partition coefficient (Wildman–Crippen LogP) is 3.04. The molecule has 104 valence electrons. The van der Waals surface area contributed by atoms with Crippen molar-refractivity contribution in [1.82, 2.24) is 9.88 Å². The van der Waals surface area contributed by atoms with E-state index in [0.717, 1.165) is 19.4 Å². The zero-order chi connectivity index (χ0) is 14.0. The third-order valence-electron chi connectivity index (χ3n) is 3.11. The highest BCUT2D eigenvalue weighted by atomic mass is 35.5. The van der Waals surface area contributed by atoms with Gasteiger partial charge < -0.3 is 10.2 Å². The molecule has 0 bridgehead atoms. The minimum Gasteiger partial charge on any atom is -0.373 e. The van der Waals surface area contributed by atoms with Gasteiger partial charge in [-0.05, 0) is 30.9 Å². The average Bonchev–Trinajstić information content (AvgIpc) is 3.18. The maximum Gasteiger partial charge on any atom is 0.254 e. The number of hydrogen-bond donors (Lipinski definition) is 1. The van der Waals surface area contributed by atoms with E-state index in [0.29, 0.717) is 28.5 Å². The molecule has 1 aromatic rings. The SMILES string of the molecule is CNc1cc(C(=O)N(CC(C)C)C2CC2)cc(Cl)n1. The summed E-state index contributed by atoms with van der Waals surface area (Å²) in [7, 11) is 1.76. The van der Waals surface area contributed by atoms with E-state index in [2.05, 4.69) is 24.1 Å². The van der Waals surface area contributed by atoms with Crippen LogP contribution in [0.5, 0.6) is 0 Å². The van der Waals surface area contributed by atoms with Crippen LogP contribution in [0.2, 0.25) is 5.15 Å². The molecule has 0 spiro atoms. The van der Waals surface area contributed by atoms with E-state index in [9.17, 15) is 4.79 Å². The number of pyridine rings is 1. The summed E-state index contributed by atoms with van der Waals surface area (Å²) < 4.78 is 0. The molecule has 1 aliphatic rings. The van der Waals surface area contributed by atoms with Crippen molar-refractivity contribution in [2.45, 2.75) is 32.7 Å². The largest absolute Gasteiger partial charge is 0.373 e. The Morgan fingerprint density at radius 1 is 1.53 bits per heavy atom. The Morgan fingerprint density at radius 2 is 2.21 bits per heavy atom. The van der Waals surface area contributed by atoms with Crippen LogP contribution < -0.4 is 5.32 Å². The number of carbonyl (C=O) groups is 1. The van der Waals surface area contributed by atoms with Gasteiger partial charge in [0.25, 0.3) is 5.91 Å². The van der Waals surface area contributed by atoms with Crippen molar-refractivity contribution in [1.29, 1.82) is 0 Å². The van der Waals surface area contributed by atoms with E-state index in [1.807, 2.05) is 4.90 Å². The van der Waals surface area contributed by atoms with Crippen molar-refractivity contribution in [3.8, 4) is 0 Å². The number of hydrogen-bond acceptors (Lipinski definition) is 3. The molecule has 0 saturated heterocycles. The van der Waals surface area contributed by atoms with Crippen molar-refractivity contribution in [3.05, 3.63) is 22.8 Å². The van der Waals surface area contributed by atoms with Crippen LogP contribution >= 0.6 is 11.6 Å². The molecule has 1 aromatic heterocycles. The summed E-state index contributed by atoms with van der Waals surface area (Å²) in [4.78, 5) is 18.7. The van der Waals surface area contributed by atoms with Crippen LogP contribution in [0.3, 0.4) is 0 Å². The molecule has 5 heteroatoms. The summed E-state index contributed by atoms with van der Waals surface area (Å²) in [6, 6.07) is 3.80. The molecule has 4 nitrogen and oxygen atoms in total. The molecule has 1 saturated carbocycles. The van der Waals surface area contributed by atoms with E-state index in [-0.39, 0.29) is 5.91 Å². The van der Waals surface area contributed by atoms with Crippen LogP contribution in [0, 0.1) is 5.92 Å². The number of aromatic nitrogens is 1. The highest BCUT2D eigenvalue weighted by molar-refractivity contribution is 6.29. The third kappa shape index (κ3) is 3.60. The molecule has 1 aliphatic carbocycles. The Morgan fingerprint density at radius 3 is 2.74 bits per heavy atom. The number of nitrogens with zero attached hydrogens (tertiary/aromatic N) is 2. The van der Waals surface area contributed by atoms with Crippen molar-refractivity contribution in [3.63, 3.8) is 0 Å². The molecule has 0 aliphatic heterocycles. The summed E-state index contributed by atoms with van der Waals surface area (Å²) in [6.07, 6.45) is 2.21. The highest BCUT2D eigenvalue weighted by Gasteiger charge is 2.33. The van der Waals surface area contributed by atoms with E-state index in [1.54, 1.807) is 19.2 Å². The minimum absolute atomic E-state index is 0.0528. The Labute approximate surface area is 119 Å². The van der Waals surface area contributed by atoms with Gasteiger partial charge in [-0.1, -0.05) is 25.4 Å². The normalized spacial score (nSPS) is 14.6. The molecule has 19 heavy (non-hydrogen) atoms. The van der Waals surface area contributed by atoms with Crippen molar-refractivity contribution < 1.29 is 4.79 Å². The molecule has 1 amide bonds. The Hall–Kier alpha value is -1.29. The van der Waals surface area contributed by atoms with Gasteiger partial charge in [0, 0.05) is 25.2 Å². The van der Waals surface area contributed by atoms with Gasteiger partial charge in [-0.15, -0.1) is 0 Å². The van der Waals surface area contributed by atoms with Crippen LogP contribution in [0.4, 0.5) is 5.82 Å². The fourth-order valence-electron chi connectivity index (χ4n) is 2.09. The molecule has 1 fully saturated rings. The number of carbonyl (C=O) groups excluding carboxylic acids is 1. The van der Waals surface area contributed by atoms with Crippen LogP contribution in [0.25, 0.3) is 0 Å². The van der Waals surface area contributed by atoms with Gasteiger partial charge in [0.15, 0.2) is 0 Å². The molecule has 0 atom stereocenters. The lowest BCUT2D eigenvalue weighted by molar-refractivity contribution is 0.0722. The van der Waals surface area contributed by atoms with Crippen molar-refractivity contribution in [2.75, 3.05) is 18.9 Å². The second kappa shape index (κ2) is 5.78. The summed E-state index contributed by atoms with van der Waals surface area (Å²) in [5.74, 6) is 1.14. The Bertz CT molecular complexity index is 472. The smallest absolute Gasteiger partial charge is 0.254 e. The van der Waals surface area contributed by atoms with Gasteiger partial charge in [0.2, 0.25) is 0 Å². The van der Waals surface area contributed by atoms with Crippen molar-refractivity contribution in [2.24, 2.45) is 5.92 Å². The zero-order valence-corrected chi connectivity index (χ0v) is 12.4. The quantitative estimate of drug-likeness (QED) is 0.844. The molecule has 0 aromatic carbocycles. The lowest BCUT2D eigenvalue weighted by Crippen LogP contribution is -2.36. The molecule has 1 heterocycles. The zero-order valence-electron chi connectivity index (χ0n) is 11.6. The lowest BCUT2D eigenvalue weighted by Gasteiger charge is -2.24. The summed E-state index contributed by atoms with van der Waals surface area (Å²) in [5.41, 5.74) is 0.608. The number of anilines is 1. The first-order valence-corrected chi connectivity index (χ1v) is 7.05. The maximum atomic E-state index is 12.6. The van der Waals surface area contributed by atoms with E-state index < -0.39 is 0 Å². The van der Waals surface area contributed by atoms with Gasteiger partial charge >= 0.3 is 0 Å². The number of amides is 1. The average molecular weight is 282 g/mol. The number of nitrogens with one attached hydrogen (secondary N) is 1. The fourth-order valence-corrected chi connectivity index (χ4v) is 2.30. The molecular formula is C14H20ClN3O. The molecule has 1 N–H and O–H groups in total. The van der Waals surface area contributed by atoms with E-state index >= 15 is 0 Å². The van der Waals surface area contributed by atoms with Gasteiger partial charge in [0.05, 0.1) is 0 Å². The minimum atomic E-state index is 0.0528. The van der Waals surface area contributed by atoms with Gasteiger partial charge in [0.1, 0.15) is 11.0 Å². The maximum absolute atomic E-state index is 12.6. The number of halogens is 1. The summed E-state index contributed by atoms with van der Waals surface area (Å²) in [6.45, 7) is 5.04. The highest BCUT2D eigenvalue weighted by Crippen LogP contribution is 2.29. The monoisotopic (exact) mass is 281 g/mol. The Kier molecular flexibility index (Phi) is 4.30. The summed E-state index contributed by atoms with van der Waals surface area (Å²) >= 11 is 5.96. The first-order chi connectivity index (χ1) is 9.01. The second-order valence-electron chi connectivity index (χ2n) is 5.40. The predicted molar refractivity (Wildman–Crippen MR) is 77.7 cm³/mol. The first kappa shape index (κ1) is 14.1. The third-order valence-corrected chi connectivity index (χ3v) is 3.30. The second-order valence-corrected chi connectivity index (χ2v) is 5.78. The van der Waals surface area contributed by atoms with E-state index in [1.165, 1.54) is 0 Å². The Balaban J connectivity index is 2.23. The van der Waals surface area contributed by atoms with Crippen LogP contribution in [0.1, 0.15) is 37.0 Å². The van der Waals surface area contributed by atoms with Crippen LogP contribution in [0.15, 0.2) is 12.1 Å². The topological polar surface area (TPSA) is 45.2 Å².